The van der Waals surface area contributed by atoms with Crippen LogP contribution in [0.25, 0.3) is 0 Å². The molecule has 0 fully saturated rings. The number of hydrogen-bond donors (Lipinski definition) is 1. The molecular weight excluding hydrogens is 240 g/mol. The van der Waals surface area contributed by atoms with Gasteiger partial charge < -0.3 is 14.6 Å². The quantitative estimate of drug-likeness (QED) is 0.917. The number of rotatable bonds is 3. The first-order valence-electron chi connectivity index (χ1n) is 6.32. The van der Waals surface area contributed by atoms with E-state index in [-0.39, 0.29) is 6.79 Å². The van der Waals surface area contributed by atoms with Gasteiger partial charge in [0.2, 0.25) is 6.79 Å². The molecule has 2 aromatic rings. The fraction of sp³-hybridized carbons (Fsp3) is 0.250. The molecule has 3 nitrogen and oxygen atoms in total. The third kappa shape index (κ3) is 2.42. The van der Waals surface area contributed by atoms with Gasteiger partial charge in [-0.15, -0.1) is 0 Å². The SMILES string of the molecule is C[C@](O)(Cc1ccc2c(c1)OCO2)c1ccccc1. The molecule has 1 atom stereocenters. The topological polar surface area (TPSA) is 38.7 Å². The lowest BCUT2D eigenvalue weighted by molar-refractivity contribution is 0.0576. The van der Waals surface area contributed by atoms with Crippen LogP contribution in [-0.4, -0.2) is 11.9 Å². The highest BCUT2D eigenvalue weighted by Gasteiger charge is 2.24. The molecule has 98 valence electrons. The van der Waals surface area contributed by atoms with Crippen LogP contribution in [0.3, 0.4) is 0 Å². The van der Waals surface area contributed by atoms with Gasteiger partial charge in [0.1, 0.15) is 0 Å². The van der Waals surface area contributed by atoms with E-state index < -0.39 is 5.60 Å². The molecule has 0 saturated heterocycles. The van der Waals surface area contributed by atoms with Gasteiger partial charge in [-0.1, -0.05) is 36.4 Å². The highest BCUT2D eigenvalue weighted by Crippen LogP contribution is 2.34. The van der Waals surface area contributed by atoms with Crippen molar-refractivity contribution in [3.05, 3.63) is 59.7 Å². The summed E-state index contributed by atoms with van der Waals surface area (Å²) < 4.78 is 10.6. The zero-order valence-corrected chi connectivity index (χ0v) is 10.8. The average molecular weight is 256 g/mol. The second kappa shape index (κ2) is 4.59. The molecule has 0 unspecified atom stereocenters. The minimum absolute atomic E-state index is 0.272. The van der Waals surface area contributed by atoms with Crippen LogP contribution in [0, 0.1) is 0 Å². The second-order valence-corrected chi connectivity index (χ2v) is 5.00. The molecule has 0 aliphatic carbocycles. The lowest BCUT2D eigenvalue weighted by Gasteiger charge is -2.24. The minimum atomic E-state index is -0.894. The molecule has 0 radical (unpaired) electrons. The molecule has 0 saturated carbocycles. The van der Waals surface area contributed by atoms with Crippen LogP contribution in [0.1, 0.15) is 18.1 Å². The summed E-state index contributed by atoms with van der Waals surface area (Å²) in [5.74, 6) is 1.52. The number of hydrogen-bond acceptors (Lipinski definition) is 3. The van der Waals surface area contributed by atoms with Crippen molar-refractivity contribution >= 4 is 0 Å². The van der Waals surface area contributed by atoms with Crippen molar-refractivity contribution in [1.29, 1.82) is 0 Å². The van der Waals surface area contributed by atoms with Crippen LogP contribution < -0.4 is 9.47 Å². The first kappa shape index (κ1) is 12.1. The summed E-state index contributed by atoms with van der Waals surface area (Å²) in [6.45, 7) is 2.10. The van der Waals surface area contributed by atoms with Crippen molar-refractivity contribution in [2.75, 3.05) is 6.79 Å². The third-order valence-corrected chi connectivity index (χ3v) is 3.38. The predicted octanol–water partition coefficient (Wildman–Crippen LogP) is 2.87. The normalized spacial score (nSPS) is 16.1. The Morgan fingerprint density at radius 3 is 2.58 bits per heavy atom. The summed E-state index contributed by atoms with van der Waals surface area (Å²) in [6.07, 6.45) is 0.535. The van der Waals surface area contributed by atoms with Gasteiger partial charge in [0, 0.05) is 6.42 Å². The zero-order valence-electron chi connectivity index (χ0n) is 10.8. The van der Waals surface area contributed by atoms with E-state index in [2.05, 4.69) is 0 Å². The van der Waals surface area contributed by atoms with E-state index in [0.717, 1.165) is 22.6 Å². The van der Waals surface area contributed by atoms with Gasteiger partial charge in [-0.3, -0.25) is 0 Å². The molecule has 19 heavy (non-hydrogen) atoms. The molecule has 0 spiro atoms. The molecule has 1 N–H and O–H groups in total. The fourth-order valence-corrected chi connectivity index (χ4v) is 2.35. The molecule has 0 amide bonds. The highest BCUT2D eigenvalue weighted by molar-refractivity contribution is 5.45. The van der Waals surface area contributed by atoms with Crippen LogP contribution in [0.2, 0.25) is 0 Å². The number of benzene rings is 2. The van der Waals surface area contributed by atoms with Crippen molar-refractivity contribution in [2.45, 2.75) is 18.9 Å². The van der Waals surface area contributed by atoms with E-state index in [0.29, 0.717) is 6.42 Å². The molecule has 3 rings (SSSR count). The molecule has 3 heteroatoms. The average Bonchev–Trinajstić information content (AvgIpc) is 2.87. The largest absolute Gasteiger partial charge is 0.454 e. The maximum atomic E-state index is 10.6. The van der Waals surface area contributed by atoms with E-state index in [1.807, 2.05) is 55.5 Å². The van der Waals surface area contributed by atoms with Gasteiger partial charge in [0.15, 0.2) is 11.5 Å². The van der Waals surface area contributed by atoms with Crippen LogP contribution in [-0.2, 0) is 12.0 Å². The summed E-state index contributed by atoms with van der Waals surface area (Å²) in [4.78, 5) is 0. The lowest BCUT2D eigenvalue weighted by Crippen LogP contribution is -2.24. The Balaban J connectivity index is 1.85. The smallest absolute Gasteiger partial charge is 0.231 e. The Morgan fingerprint density at radius 1 is 1.05 bits per heavy atom. The van der Waals surface area contributed by atoms with Gasteiger partial charge in [-0.25, -0.2) is 0 Å². The predicted molar refractivity (Wildman–Crippen MR) is 72.3 cm³/mol. The first-order valence-corrected chi connectivity index (χ1v) is 6.32. The van der Waals surface area contributed by atoms with Gasteiger partial charge in [-0.2, -0.15) is 0 Å². The van der Waals surface area contributed by atoms with E-state index in [4.69, 9.17) is 9.47 Å². The third-order valence-electron chi connectivity index (χ3n) is 3.38. The Morgan fingerprint density at radius 2 is 1.79 bits per heavy atom. The fourth-order valence-electron chi connectivity index (χ4n) is 2.35. The van der Waals surface area contributed by atoms with Crippen molar-refractivity contribution in [3.8, 4) is 11.5 Å². The molecule has 0 aromatic heterocycles. The highest BCUT2D eigenvalue weighted by atomic mass is 16.7. The maximum absolute atomic E-state index is 10.6. The van der Waals surface area contributed by atoms with Crippen LogP contribution in [0.5, 0.6) is 11.5 Å². The molecule has 1 aliphatic heterocycles. The van der Waals surface area contributed by atoms with Crippen molar-refractivity contribution in [2.24, 2.45) is 0 Å². The number of ether oxygens (including phenoxy) is 2. The Labute approximate surface area is 112 Å². The maximum Gasteiger partial charge on any atom is 0.231 e. The molecular formula is C16H16O3. The minimum Gasteiger partial charge on any atom is -0.454 e. The van der Waals surface area contributed by atoms with Crippen molar-refractivity contribution in [3.63, 3.8) is 0 Å². The van der Waals surface area contributed by atoms with Crippen molar-refractivity contribution in [1.82, 2.24) is 0 Å². The summed E-state index contributed by atoms with van der Waals surface area (Å²) in [5.41, 5.74) is 1.04. The summed E-state index contributed by atoms with van der Waals surface area (Å²) in [5, 5.41) is 10.6. The van der Waals surface area contributed by atoms with E-state index >= 15 is 0 Å². The van der Waals surface area contributed by atoms with Gasteiger partial charge in [-0.05, 0) is 30.2 Å². The zero-order chi connectivity index (χ0) is 13.3. The molecule has 1 aliphatic rings. The van der Waals surface area contributed by atoms with Gasteiger partial charge in [0.25, 0.3) is 0 Å². The van der Waals surface area contributed by atoms with E-state index in [9.17, 15) is 5.11 Å². The molecule has 0 bridgehead atoms. The monoisotopic (exact) mass is 256 g/mol. The molecule has 1 heterocycles. The van der Waals surface area contributed by atoms with Crippen LogP contribution in [0.15, 0.2) is 48.5 Å². The van der Waals surface area contributed by atoms with E-state index in [1.165, 1.54) is 0 Å². The van der Waals surface area contributed by atoms with Crippen LogP contribution >= 0.6 is 0 Å². The Hall–Kier alpha value is -2.00. The van der Waals surface area contributed by atoms with Gasteiger partial charge in [0.05, 0.1) is 5.60 Å². The summed E-state index contributed by atoms with van der Waals surface area (Å²) in [7, 11) is 0. The Bertz CT molecular complexity index is 576. The number of fused-ring (bicyclic) bond motifs is 1. The first-order chi connectivity index (χ1) is 9.15. The lowest BCUT2D eigenvalue weighted by atomic mass is 9.89. The van der Waals surface area contributed by atoms with Crippen LogP contribution in [0.4, 0.5) is 0 Å². The van der Waals surface area contributed by atoms with Gasteiger partial charge >= 0.3 is 0 Å². The second-order valence-electron chi connectivity index (χ2n) is 5.00. The number of aliphatic hydroxyl groups is 1. The van der Waals surface area contributed by atoms with E-state index in [1.54, 1.807) is 0 Å². The molecule has 2 aromatic carbocycles. The summed E-state index contributed by atoms with van der Waals surface area (Å²) in [6, 6.07) is 15.5. The summed E-state index contributed by atoms with van der Waals surface area (Å²) >= 11 is 0. The standard InChI is InChI=1S/C16H16O3/c1-16(17,13-5-3-2-4-6-13)10-12-7-8-14-15(9-12)19-11-18-14/h2-9,17H,10-11H2,1H3/t16-/m0/s1. The Kier molecular flexibility index (Phi) is 2.91. The van der Waals surface area contributed by atoms with Crippen molar-refractivity contribution < 1.29 is 14.6 Å².